The molecule has 0 bridgehead atoms. The molecule has 0 unspecified atom stereocenters. The quantitative estimate of drug-likeness (QED) is 0.291. The summed E-state index contributed by atoms with van der Waals surface area (Å²) in [5, 5.41) is 6.88. The largest absolute Gasteiger partial charge is 0.496 e. The first-order valence-electron chi connectivity index (χ1n) is 11.6. The molecule has 2 aromatic carbocycles. The van der Waals surface area contributed by atoms with Gasteiger partial charge in [-0.3, -0.25) is 9.59 Å². The number of hydrogen-bond donors (Lipinski definition) is 1. The number of carbonyl (C=O) groups is 2. The van der Waals surface area contributed by atoms with E-state index in [0.717, 1.165) is 11.8 Å². The number of benzene rings is 2. The molecule has 0 aliphatic carbocycles. The van der Waals surface area contributed by atoms with Gasteiger partial charge in [-0.25, -0.2) is 14.4 Å². The van der Waals surface area contributed by atoms with Gasteiger partial charge < -0.3 is 14.8 Å². The van der Waals surface area contributed by atoms with Crippen molar-refractivity contribution in [2.75, 3.05) is 12.4 Å². The minimum absolute atomic E-state index is 0.0577. The summed E-state index contributed by atoms with van der Waals surface area (Å²) in [7, 11) is 1.48. The first-order valence-corrected chi connectivity index (χ1v) is 11.6. The number of aldehydes is 1. The Labute approximate surface area is 216 Å². The third-order valence-electron chi connectivity index (χ3n) is 6.00. The Bertz CT molecular complexity index is 1700. The van der Waals surface area contributed by atoms with Gasteiger partial charge in [0.1, 0.15) is 11.6 Å². The predicted octanol–water partition coefficient (Wildman–Crippen LogP) is 5.41. The summed E-state index contributed by atoms with van der Waals surface area (Å²) in [5.41, 5.74) is 3.69. The second-order valence-electron chi connectivity index (χ2n) is 8.41. The van der Waals surface area contributed by atoms with Gasteiger partial charge in [-0.05, 0) is 62.4 Å². The predicted molar refractivity (Wildman–Crippen MR) is 139 cm³/mol. The van der Waals surface area contributed by atoms with Crippen molar-refractivity contribution in [2.45, 2.75) is 13.8 Å². The molecule has 190 valence electrons. The van der Waals surface area contributed by atoms with Crippen LogP contribution < -0.4 is 14.8 Å². The maximum Gasteiger partial charge on any atom is 0.256 e. The summed E-state index contributed by atoms with van der Waals surface area (Å²) in [6.45, 7) is 3.64. The Morgan fingerprint density at radius 2 is 1.84 bits per heavy atom. The first-order chi connectivity index (χ1) is 18.4. The zero-order valence-corrected chi connectivity index (χ0v) is 20.7. The van der Waals surface area contributed by atoms with Crippen LogP contribution in [0.5, 0.6) is 17.4 Å². The second kappa shape index (κ2) is 10.1. The van der Waals surface area contributed by atoms with Gasteiger partial charge in [-0.2, -0.15) is 9.61 Å². The molecule has 5 aromatic rings. The summed E-state index contributed by atoms with van der Waals surface area (Å²) in [4.78, 5) is 33.1. The van der Waals surface area contributed by atoms with Crippen molar-refractivity contribution in [1.82, 2.24) is 19.6 Å². The van der Waals surface area contributed by atoms with Crippen LogP contribution >= 0.6 is 0 Å². The van der Waals surface area contributed by atoms with E-state index in [-0.39, 0.29) is 17.1 Å². The van der Waals surface area contributed by atoms with Crippen LogP contribution in [0.1, 0.15) is 32.0 Å². The van der Waals surface area contributed by atoms with E-state index in [1.807, 2.05) is 13.8 Å². The lowest BCUT2D eigenvalue weighted by Crippen LogP contribution is -2.13. The number of carbonyl (C=O) groups excluding carboxylic acids is 2. The number of pyridine rings is 1. The van der Waals surface area contributed by atoms with Crippen molar-refractivity contribution < 1.29 is 23.5 Å². The highest BCUT2D eigenvalue weighted by molar-refractivity contribution is 6.04. The van der Waals surface area contributed by atoms with Crippen LogP contribution in [0.15, 0.2) is 66.9 Å². The topological polar surface area (TPSA) is 108 Å². The van der Waals surface area contributed by atoms with Crippen molar-refractivity contribution in [1.29, 1.82) is 0 Å². The van der Waals surface area contributed by atoms with Crippen molar-refractivity contribution >= 4 is 23.7 Å². The average Bonchev–Trinajstić information content (AvgIpc) is 3.39. The SMILES string of the molecule is COc1ccc(-c2cccc(NC(=O)c3ccc(Oc4c(C)c(C)nc5ccnn45)c(F)c3)n2)cc1C=O. The highest BCUT2D eigenvalue weighted by Gasteiger charge is 2.17. The van der Waals surface area contributed by atoms with E-state index in [1.165, 1.54) is 23.8 Å². The van der Waals surface area contributed by atoms with Crippen LogP contribution in [-0.2, 0) is 0 Å². The third-order valence-corrected chi connectivity index (χ3v) is 6.00. The fourth-order valence-electron chi connectivity index (χ4n) is 3.89. The number of methoxy groups -OCH3 is 1. The van der Waals surface area contributed by atoms with E-state index in [4.69, 9.17) is 9.47 Å². The van der Waals surface area contributed by atoms with Gasteiger partial charge in [0.2, 0.25) is 5.88 Å². The highest BCUT2D eigenvalue weighted by atomic mass is 19.1. The second-order valence-corrected chi connectivity index (χ2v) is 8.41. The van der Waals surface area contributed by atoms with Gasteiger partial charge in [0.05, 0.1) is 24.6 Å². The number of nitrogens with zero attached hydrogens (tertiary/aromatic N) is 4. The monoisotopic (exact) mass is 511 g/mol. The van der Waals surface area contributed by atoms with Gasteiger partial charge in [0.15, 0.2) is 23.5 Å². The molecule has 0 atom stereocenters. The minimum atomic E-state index is -0.715. The van der Waals surface area contributed by atoms with E-state index >= 15 is 4.39 Å². The molecule has 10 heteroatoms. The lowest BCUT2D eigenvalue weighted by atomic mass is 10.1. The fourth-order valence-corrected chi connectivity index (χ4v) is 3.89. The minimum Gasteiger partial charge on any atom is -0.496 e. The molecule has 38 heavy (non-hydrogen) atoms. The van der Waals surface area contributed by atoms with Crippen LogP contribution in [0, 0.1) is 19.7 Å². The third kappa shape index (κ3) is 4.66. The normalized spacial score (nSPS) is 10.8. The highest BCUT2D eigenvalue weighted by Crippen LogP contribution is 2.30. The van der Waals surface area contributed by atoms with E-state index in [1.54, 1.807) is 48.7 Å². The standard InChI is InChI=1S/C28H22FN5O4/c1-16-17(2)31-26-11-12-30-34(26)28(16)38-24-10-8-19(14-21(24)29)27(36)33-25-6-4-5-22(32-25)18-7-9-23(37-3)20(13-18)15-35/h4-15H,1-3H3,(H,32,33,36). The Morgan fingerprint density at radius 3 is 2.61 bits per heavy atom. The zero-order chi connectivity index (χ0) is 26.8. The zero-order valence-electron chi connectivity index (χ0n) is 20.7. The molecule has 0 saturated carbocycles. The first kappa shape index (κ1) is 24.6. The van der Waals surface area contributed by atoms with Gasteiger partial charge in [-0.15, -0.1) is 0 Å². The molecule has 0 aliphatic heterocycles. The van der Waals surface area contributed by atoms with Crippen molar-refractivity contribution in [2.24, 2.45) is 0 Å². The van der Waals surface area contributed by atoms with Gasteiger partial charge in [-0.1, -0.05) is 6.07 Å². The summed E-state index contributed by atoms with van der Waals surface area (Å²) in [5.74, 6) is -0.267. The molecule has 9 nitrogen and oxygen atoms in total. The molecule has 5 rings (SSSR count). The number of amides is 1. The van der Waals surface area contributed by atoms with Crippen LogP contribution in [0.3, 0.4) is 0 Å². The van der Waals surface area contributed by atoms with Crippen molar-refractivity contribution in [3.8, 4) is 28.6 Å². The Hall–Kier alpha value is -5.12. The molecule has 0 saturated heterocycles. The smallest absolute Gasteiger partial charge is 0.256 e. The maximum absolute atomic E-state index is 15.0. The van der Waals surface area contributed by atoms with Crippen molar-refractivity contribution in [3.63, 3.8) is 0 Å². The summed E-state index contributed by atoms with van der Waals surface area (Å²) in [6, 6.07) is 15.8. The van der Waals surface area contributed by atoms with Crippen LogP contribution in [0.4, 0.5) is 10.2 Å². The van der Waals surface area contributed by atoms with Gasteiger partial charge in [0, 0.05) is 28.5 Å². The number of rotatable bonds is 7. The maximum atomic E-state index is 15.0. The number of nitrogens with one attached hydrogen (secondary N) is 1. The Kier molecular flexibility index (Phi) is 6.53. The molecule has 0 aliphatic rings. The number of halogens is 1. The number of fused-ring (bicyclic) bond motifs is 1. The molecule has 0 fully saturated rings. The molecule has 0 radical (unpaired) electrons. The number of ether oxygens (including phenoxy) is 2. The van der Waals surface area contributed by atoms with E-state index in [0.29, 0.717) is 45.9 Å². The molecule has 3 heterocycles. The lowest BCUT2D eigenvalue weighted by Gasteiger charge is -2.13. The molecule has 1 N–H and O–H groups in total. The number of hydrogen-bond acceptors (Lipinski definition) is 7. The molecular formula is C28H22FN5O4. The average molecular weight is 512 g/mol. The lowest BCUT2D eigenvalue weighted by molar-refractivity contribution is 0.102. The summed E-state index contributed by atoms with van der Waals surface area (Å²) in [6.07, 6.45) is 2.28. The molecule has 0 spiro atoms. The number of aryl methyl sites for hydroxylation is 1. The summed E-state index contributed by atoms with van der Waals surface area (Å²) >= 11 is 0. The van der Waals surface area contributed by atoms with E-state index in [2.05, 4.69) is 20.4 Å². The van der Waals surface area contributed by atoms with E-state index in [9.17, 15) is 9.59 Å². The van der Waals surface area contributed by atoms with Crippen LogP contribution in [0.25, 0.3) is 16.9 Å². The molecular weight excluding hydrogens is 489 g/mol. The Morgan fingerprint density at radius 1 is 1.03 bits per heavy atom. The molecule has 1 amide bonds. The van der Waals surface area contributed by atoms with E-state index < -0.39 is 11.7 Å². The number of anilines is 1. The van der Waals surface area contributed by atoms with Gasteiger partial charge >= 0.3 is 0 Å². The summed E-state index contributed by atoms with van der Waals surface area (Å²) < 4.78 is 27.5. The van der Waals surface area contributed by atoms with Gasteiger partial charge in [0.25, 0.3) is 5.91 Å². The van der Waals surface area contributed by atoms with Crippen LogP contribution in [-0.4, -0.2) is 38.9 Å². The fraction of sp³-hybridized carbons (Fsp3) is 0.107. The van der Waals surface area contributed by atoms with Crippen LogP contribution in [0.2, 0.25) is 0 Å². The van der Waals surface area contributed by atoms with Crippen molar-refractivity contribution in [3.05, 3.63) is 95.1 Å². The Balaban J connectivity index is 1.36. The molecule has 3 aromatic heterocycles. The number of aromatic nitrogens is 4.